The van der Waals surface area contributed by atoms with E-state index in [1.807, 2.05) is 25.1 Å². The molecule has 30 heavy (non-hydrogen) atoms. The Morgan fingerprint density at radius 2 is 1.87 bits per heavy atom. The number of nitro groups is 1. The van der Waals surface area contributed by atoms with Crippen molar-refractivity contribution < 1.29 is 19.2 Å². The Morgan fingerprint density at radius 1 is 1.13 bits per heavy atom. The molecular formula is C21H20N4O5. The molecule has 9 nitrogen and oxygen atoms in total. The number of fused-ring (bicyclic) bond motifs is 1. The Kier molecular flexibility index (Phi) is 5.34. The largest absolute Gasteiger partial charge is 0.490 e. The highest BCUT2D eigenvalue weighted by Crippen LogP contribution is 2.32. The van der Waals surface area contributed by atoms with Crippen molar-refractivity contribution in [2.24, 2.45) is 0 Å². The number of nitrogens with zero attached hydrogens (tertiary/aromatic N) is 3. The van der Waals surface area contributed by atoms with Crippen LogP contribution in [-0.4, -0.2) is 33.8 Å². The normalized spacial score (nSPS) is 13.9. The number of nitro benzene ring substituents is 1. The summed E-state index contributed by atoms with van der Waals surface area (Å²) in [5.74, 6) is 1.06. The molecule has 2 heterocycles. The molecular weight excluding hydrogens is 388 g/mol. The van der Waals surface area contributed by atoms with E-state index in [2.05, 4.69) is 10.4 Å². The SMILES string of the molecule is CC(NC(=O)c1ccn(-c2ccc([N+](=O)[O-])cc2)n1)c1ccc2c(c1)OCCCO2. The number of carbonyl (C=O) groups is 1. The van der Waals surface area contributed by atoms with Crippen molar-refractivity contribution in [3.05, 3.63) is 76.1 Å². The van der Waals surface area contributed by atoms with Crippen LogP contribution in [-0.2, 0) is 0 Å². The standard InChI is InChI=1S/C21H20N4O5/c1-14(15-3-8-19-20(13-15)30-12-2-11-29-19)22-21(26)18-9-10-24(23-18)16-4-6-17(7-5-16)25(27)28/h3-10,13-14H,2,11-12H2,1H3,(H,22,26). The minimum absolute atomic E-state index is 0.00664. The Labute approximate surface area is 172 Å². The zero-order valence-electron chi connectivity index (χ0n) is 16.3. The zero-order chi connectivity index (χ0) is 21.1. The summed E-state index contributed by atoms with van der Waals surface area (Å²) in [5.41, 5.74) is 1.75. The van der Waals surface area contributed by atoms with Crippen molar-refractivity contribution in [3.8, 4) is 17.2 Å². The van der Waals surface area contributed by atoms with Crippen LogP contribution in [0.1, 0.15) is 35.4 Å². The monoisotopic (exact) mass is 408 g/mol. The highest BCUT2D eigenvalue weighted by atomic mass is 16.6. The Morgan fingerprint density at radius 3 is 2.60 bits per heavy atom. The first-order chi connectivity index (χ1) is 14.5. The second-order valence-corrected chi connectivity index (χ2v) is 6.87. The third-order valence-corrected chi connectivity index (χ3v) is 4.77. The molecule has 3 aromatic rings. The molecule has 1 amide bonds. The van der Waals surface area contributed by atoms with E-state index in [4.69, 9.17) is 9.47 Å². The fourth-order valence-electron chi connectivity index (χ4n) is 3.12. The number of benzene rings is 2. The van der Waals surface area contributed by atoms with Gasteiger partial charge in [-0.25, -0.2) is 4.68 Å². The molecule has 2 aromatic carbocycles. The van der Waals surface area contributed by atoms with Crippen molar-refractivity contribution in [2.75, 3.05) is 13.2 Å². The lowest BCUT2D eigenvalue weighted by molar-refractivity contribution is -0.384. The summed E-state index contributed by atoms with van der Waals surface area (Å²) in [6.45, 7) is 3.10. The van der Waals surface area contributed by atoms with Gasteiger partial charge in [-0.3, -0.25) is 14.9 Å². The van der Waals surface area contributed by atoms with Gasteiger partial charge in [-0.15, -0.1) is 0 Å². The molecule has 9 heteroatoms. The Bertz CT molecular complexity index is 1080. The third kappa shape index (κ3) is 4.09. The van der Waals surface area contributed by atoms with E-state index in [1.165, 1.54) is 16.8 Å². The summed E-state index contributed by atoms with van der Waals surface area (Å²) in [7, 11) is 0. The number of nitrogens with one attached hydrogen (secondary N) is 1. The molecule has 0 radical (unpaired) electrons. The highest BCUT2D eigenvalue weighted by molar-refractivity contribution is 5.92. The predicted octanol–water partition coefficient (Wildman–Crippen LogP) is 3.43. The summed E-state index contributed by atoms with van der Waals surface area (Å²) in [4.78, 5) is 22.9. The van der Waals surface area contributed by atoms with Crippen LogP contribution >= 0.6 is 0 Å². The number of carbonyl (C=O) groups excluding carboxylic acids is 1. The van der Waals surface area contributed by atoms with E-state index < -0.39 is 4.92 Å². The van der Waals surface area contributed by atoms with Crippen LogP contribution in [0.2, 0.25) is 0 Å². The van der Waals surface area contributed by atoms with Crippen molar-refractivity contribution in [1.29, 1.82) is 0 Å². The lowest BCUT2D eigenvalue weighted by atomic mass is 10.1. The summed E-state index contributed by atoms with van der Waals surface area (Å²) in [6, 6.07) is 12.9. The van der Waals surface area contributed by atoms with Crippen LogP contribution < -0.4 is 14.8 Å². The maximum Gasteiger partial charge on any atom is 0.272 e. The second-order valence-electron chi connectivity index (χ2n) is 6.87. The van der Waals surface area contributed by atoms with Gasteiger partial charge in [-0.1, -0.05) is 6.07 Å². The van der Waals surface area contributed by atoms with Crippen LogP contribution in [0.15, 0.2) is 54.7 Å². The molecule has 154 valence electrons. The van der Waals surface area contributed by atoms with Gasteiger partial charge in [-0.2, -0.15) is 5.10 Å². The number of amides is 1. The number of rotatable bonds is 5. The lowest BCUT2D eigenvalue weighted by Crippen LogP contribution is -2.27. The van der Waals surface area contributed by atoms with Crippen molar-refractivity contribution in [2.45, 2.75) is 19.4 Å². The molecule has 0 spiro atoms. The van der Waals surface area contributed by atoms with Gasteiger partial charge in [0.15, 0.2) is 17.2 Å². The number of aromatic nitrogens is 2. The van der Waals surface area contributed by atoms with E-state index in [0.717, 1.165) is 12.0 Å². The van der Waals surface area contributed by atoms with Crippen LogP contribution in [0.3, 0.4) is 0 Å². The van der Waals surface area contributed by atoms with E-state index in [-0.39, 0.29) is 23.3 Å². The number of hydrogen-bond donors (Lipinski definition) is 1. The van der Waals surface area contributed by atoms with Gasteiger partial charge in [0.05, 0.1) is 29.9 Å². The van der Waals surface area contributed by atoms with Gasteiger partial charge >= 0.3 is 0 Å². The topological polar surface area (TPSA) is 109 Å². The molecule has 1 atom stereocenters. The minimum Gasteiger partial charge on any atom is -0.490 e. The summed E-state index contributed by atoms with van der Waals surface area (Å²) >= 11 is 0. The number of hydrogen-bond acceptors (Lipinski definition) is 6. The fraction of sp³-hybridized carbons (Fsp3) is 0.238. The fourth-order valence-corrected chi connectivity index (χ4v) is 3.12. The van der Waals surface area contributed by atoms with Crippen molar-refractivity contribution in [3.63, 3.8) is 0 Å². The molecule has 1 N–H and O–H groups in total. The van der Waals surface area contributed by atoms with Crippen LogP contribution in [0.4, 0.5) is 5.69 Å². The molecule has 1 aliphatic heterocycles. The third-order valence-electron chi connectivity index (χ3n) is 4.77. The van der Waals surface area contributed by atoms with Crippen LogP contribution in [0.5, 0.6) is 11.5 Å². The van der Waals surface area contributed by atoms with Gasteiger partial charge in [-0.05, 0) is 42.8 Å². The quantitative estimate of drug-likeness (QED) is 0.512. The first kappa shape index (κ1) is 19.4. The molecule has 0 aliphatic carbocycles. The molecule has 1 aliphatic rings. The van der Waals surface area contributed by atoms with Crippen LogP contribution in [0, 0.1) is 10.1 Å². The van der Waals surface area contributed by atoms with Gasteiger partial charge in [0.25, 0.3) is 11.6 Å². The minimum atomic E-state index is -0.466. The smallest absolute Gasteiger partial charge is 0.272 e. The van der Waals surface area contributed by atoms with E-state index in [0.29, 0.717) is 30.4 Å². The zero-order valence-corrected chi connectivity index (χ0v) is 16.3. The van der Waals surface area contributed by atoms with E-state index in [1.54, 1.807) is 24.4 Å². The predicted molar refractivity (Wildman–Crippen MR) is 108 cm³/mol. The molecule has 1 aromatic heterocycles. The average molecular weight is 408 g/mol. The van der Waals surface area contributed by atoms with Gasteiger partial charge in [0, 0.05) is 24.8 Å². The molecule has 4 rings (SSSR count). The van der Waals surface area contributed by atoms with E-state index in [9.17, 15) is 14.9 Å². The van der Waals surface area contributed by atoms with Crippen molar-refractivity contribution in [1.82, 2.24) is 15.1 Å². The molecule has 0 fully saturated rings. The number of non-ortho nitro benzene ring substituents is 1. The number of ether oxygens (including phenoxy) is 2. The molecule has 1 unspecified atom stereocenters. The molecule has 0 saturated heterocycles. The molecule has 0 saturated carbocycles. The summed E-state index contributed by atoms with van der Waals surface area (Å²) in [5, 5.41) is 18.0. The van der Waals surface area contributed by atoms with Gasteiger partial charge in [0.1, 0.15) is 0 Å². The lowest BCUT2D eigenvalue weighted by Gasteiger charge is -2.16. The van der Waals surface area contributed by atoms with Crippen molar-refractivity contribution >= 4 is 11.6 Å². The summed E-state index contributed by atoms with van der Waals surface area (Å²) in [6.07, 6.45) is 2.46. The first-order valence-electron chi connectivity index (χ1n) is 9.52. The van der Waals surface area contributed by atoms with Crippen LogP contribution in [0.25, 0.3) is 5.69 Å². The van der Waals surface area contributed by atoms with Gasteiger partial charge in [0.2, 0.25) is 0 Å². The van der Waals surface area contributed by atoms with E-state index >= 15 is 0 Å². The Hall–Kier alpha value is -3.88. The maximum atomic E-state index is 12.6. The average Bonchev–Trinajstić information content (AvgIpc) is 3.13. The first-order valence-corrected chi connectivity index (χ1v) is 9.52. The van der Waals surface area contributed by atoms with Gasteiger partial charge < -0.3 is 14.8 Å². The summed E-state index contributed by atoms with van der Waals surface area (Å²) < 4.78 is 12.8. The highest BCUT2D eigenvalue weighted by Gasteiger charge is 2.17. The molecule has 0 bridgehead atoms. The maximum absolute atomic E-state index is 12.6. The second kappa shape index (κ2) is 8.24. The Balaban J connectivity index is 1.45.